The van der Waals surface area contributed by atoms with Gasteiger partial charge >= 0.3 is 0 Å². The van der Waals surface area contributed by atoms with Crippen LogP contribution in [0.15, 0.2) is 24.3 Å². The highest BCUT2D eigenvalue weighted by Crippen LogP contribution is 2.36. The van der Waals surface area contributed by atoms with Crippen LogP contribution in [0.5, 0.6) is 0 Å². The van der Waals surface area contributed by atoms with Crippen molar-refractivity contribution in [1.82, 2.24) is 5.32 Å². The van der Waals surface area contributed by atoms with Crippen LogP contribution >= 0.6 is 0 Å². The predicted octanol–water partition coefficient (Wildman–Crippen LogP) is 3.93. The molecule has 0 aliphatic carbocycles. The smallest absolute Gasteiger partial charge is 0.126 e. The minimum Gasteiger partial charge on any atom is -0.311 e. The van der Waals surface area contributed by atoms with Crippen LogP contribution in [0.2, 0.25) is 0 Å². The highest BCUT2D eigenvalue weighted by Gasteiger charge is 2.37. The summed E-state index contributed by atoms with van der Waals surface area (Å²) in [7, 11) is 0. The van der Waals surface area contributed by atoms with Gasteiger partial charge in [0, 0.05) is 5.54 Å². The van der Waals surface area contributed by atoms with E-state index in [9.17, 15) is 4.39 Å². The lowest BCUT2D eigenvalue weighted by Crippen LogP contribution is -2.45. The molecule has 1 nitrogen and oxygen atoms in total. The lowest BCUT2D eigenvalue weighted by atomic mass is 9.75. The number of nitrogens with one attached hydrogen (secondary N) is 1. The zero-order chi connectivity index (χ0) is 13.2. The third-order valence-corrected chi connectivity index (χ3v) is 3.69. The average molecular weight is 249 g/mol. The Labute approximate surface area is 110 Å². The van der Waals surface area contributed by atoms with E-state index < -0.39 is 0 Å². The molecule has 1 N–H and O–H groups in total. The Bertz CT molecular complexity index is 400. The fraction of sp³-hybridized carbons (Fsp3) is 0.625. The number of hydrogen-bond donors (Lipinski definition) is 1. The highest BCUT2D eigenvalue weighted by atomic mass is 19.1. The van der Waals surface area contributed by atoms with E-state index in [-0.39, 0.29) is 16.8 Å². The van der Waals surface area contributed by atoms with E-state index in [2.05, 4.69) is 26.1 Å². The maximum absolute atomic E-state index is 13.8. The van der Waals surface area contributed by atoms with Crippen LogP contribution in [0.3, 0.4) is 0 Å². The van der Waals surface area contributed by atoms with Crippen molar-refractivity contribution in [2.24, 2.45) is 5.41 Å². The Morgan fingerprint density at radius 3 is 2.56 bits per heavy atom. The molecule has 2 rings (SSSR count). The molecule has 18 heavy (non-hydrogen) atoms. The van der Waals surface area contributed by atoms with Gasteiger partial charge in [-0.3, -0.25) is 0 Å². The van der Waals surface area contributed by atoms with Gasteiger partial charge in [0.05, 0.1) is 0 Å². The van der Waals surface area contributed by atoms with Gasteiger partial charge in [0.1, 0.15) is 5.82 Å². The molecule has 0 bridgehead atoms. The van der Waals surface area contributed by atoms with E-state index in [0.29, 0.717) is 0 Å². The second-order valence-corrected chi connectivity index (χ2v) is 6.82. The molecule has 1 saturated heterocycles. The minimum atomic E-state index is -0.0699. The first-order chi connectivity index (χ1) is 8.40. The molecular weight excluding hydrogens is 225 g/mol. The molecule has 1 heterocycles. The summed E-state index contributed by atoms with van der Waals surface area (Å²) in [6.07, 6.45) is 4.24. The molecule has 0 amide bonds. The van der Waals surface area contributed by atoms with Gasteiger partial charge in [-0.05, 0) is 49.3 Å². The molecular formula is C16H24FN. The van der Waals surface area contributed by atoms with Crippen LogP contribution in [-0.4, -0.2) is 12.1 Å². The van der Waals surface area contributed by atoms with Gasteiger partial charge in [-0.1, -0.05) is 39.0 Å². The van der Waals surface area contributed by atoms with Crippen molar-refractivity contribution in [3.05, 3.63) is 35.6 Å². The fourth-order valence-electron chi connectivity index (χ4n) is 3.25. The van der Waals surface area contributed by atoms with Gasteiger partial charge in [-0.2, -0.15) is 0 Å². The van der Waals surface area contributed by atoms with Crippen LogP contribution in [0.1, 0.15) is 45.6 Å². The van der Waals surface area contributed by atoms with Crippen LogP contribution in [0.25, 0.3) is 0 Å². The van der Waals surface area contributed by atoms with Crippen LogP contribution in [-0.2, 0) is 6.42 Å². The fourth-order valence-corrected chi connectivity index (χ4v) is 3.25. The van der Waals surface area contributed by atoms with E-state index in [0.717, 1.165) is 31.4 Å². The number of rotatable bonds is 3. The van der Waals surface area contributed by atoms with E-state index in [1.807, 2.05) is 12.1 Å². The Balaban J connectivity index is 2.19. The number of hydrogen-bond acceptors (Lipinski definition) is 1. The zero-order valence-corrected chi connectivity index (χ0v) is 11.7. The van der Waals surface area contributed by atoms with Gasteiger partial charge in [0.15, 0.2) is 0 Å². The Morgan fingerprint density at radius 1 is 1.28 bits per heavy atom. The Hall–Kier alpha value is -0.890. The normalized spacial score (nSPS) is 24.4. The summed E-state index contributed by atoms with van der Waals surface area (Å²) >= 11 is 0. The van der Waals surface area contributed by atoms with E-state index in [1.54, 1.807) is 12.1 Å². The van der Waals surface area contributed by atoms with Crippen molar-refractivity contribution in [2.75, 3.05) is 6.54 Å². The third-order valence-electron chi connectivity index (χ3n) is 3.69. The monoisotopic (exact) mass is 249 g/mol. The van der Waals surface area contributed by atoms with Gasteiger partial charge < -0.3 is 5.32 Å². The summed E-state index contributed by atoms with van der Waals surface area (Å²) in [6.45, 7) is 7.84. The molecule has 1 fully saturated rings. The van der Waals surface area contributed by atoms with E-state index in [4.69, 9.17) is 0 Å². The predicted molar refractivity (Wildman–Crippen MR) is 74.1 cm³/mol. The lowest BCUT2D eigenvalue weighted by molar-refractivity contribution is 0.227. The maximum atomic E-state index is 13.8. The van der Waals surface area contributed by atoms with Gasteiger partial charge in [-0.15, -0.1) is 0 Å². The van der Waals surface area contributed by atoms with Crippen molar-refractivity contribution in [3.8, 4) is 0 Å². The molecule has 2 heteroatoms. The van der Waals surface area contributed by atoms with Crippen molar-refractivity contribution in [2.45, 2.75) is 52.0 Å². The number of benzene rings is 1. The van der Waals surface area contributed by atoms with Crippen LogP contribution in [0.4, 0.5) is 4.39 Å². The summed E-state index contributed by atoms with van der Waals surface area (Å²) in [5.41, 5.74) is 1.19. The SMILES string of the molecule is CC(C)(C)CC1(Cc2ccccc2F)CCCN1. The molecule has 1 unspecified atom stereocenters. The molecule has 1 aliphatic heterocycles. The summed E-state index contributed by atoms with van der Waals surface area (Å²) in [4.78, 5) is 0. The van der Waals surface area contributed by atoms with Gasteiger partial charge in [-0.25, -0.2) is 4.39 Å². The Kier molecular flexibility index (Phi) is 3.76. The average Bonchev–Trinajstić information content (AvgIpc) is 2.67. The number of halogens is 1. The maximum Gasteiger partial charge on any atom is 0.126 e. The summed E-state index contributed by atoms with van der Waals surface area (Å²) in [6, 6.07) is 7.17. The zero-order valence-electron chi connectivity index (χ0n) is 11.7. The summed E-state index contributed by atoms with van der Waals surface area (Å²) in [5, 5.41) is 3.64. The third kappa shape index (κ3) is 3.32. The molecule has 1 atom stereocenters. The lowest BCUT2D eigenvalue weighted by Gasteiger charge is -2.36. The molecule has 0 spiro atoms. The minimum absolute atomic E-state index is 0.0699. The second kappa shape index (κ2) is 5.00. The quantitative estimate of drug-likeness (QED) is 0.856. The first-order valence-electron chi connectivity index (χ1n) is 6.89. The van der Waals surface area contributed by atoms with Crippen LogP contribution < -0.4 is 5.32 Å². The standard InChI is InChI=1S/C16H24FN/c1-15(2,3)12-16(9-6-10-18-16)11-13-7-4-5-8-14(13)17/h4-5,7-8,18H,6,9-12H2,1-3H3. The van der Waals surface area contributed by atoms with E-state index in [1.165, 1.54) is 6.42 Å². The highest BCUT2D eigenvalue weighted by molar-refractivity contribution is 5.21. The molecule has 0 aromatic heterocycles. The van der Waals surface area contributed by atoms with Crippen LogP contribution in [0, 0.1) is 11.2 Å². The molecule has 1 aromatic carbocycles. The van der Waals surface area contributed by atoms with Gasteiger partial charge in [0.25, 0.3) is 0 Å². The van der Waals surface area contributed by atoms with Crippen molar-refractivity contribution < 1.29 is 4.39 Å². The topological polar surface area (TPSA) is 12.0 Å². The molecule has 100 valence electrons. The molecule has 0 saturated carbocycles. The van der Waals surface area contributed by atoms with Crippen molar-refractivity contribution in [3.63, 3.8) is 0 Å². The van der Waals surface area contributed by atoms with Gasteiger partial charge in [0.2, 0.25) is 0 Å². The summed E-state index contributed by atoms with van der Waals surface area (Å²) < 4.78 is 13.8. The first-order valence-corrected chi connectivity index (χ1v) is 6.89. The van der Waals surface area contributed by atoms with Crippen molar-refractivity contribution >= 4 is 0 Å². The second-order valence-electron chi connectivity index (χ2n) is 6.82. The largest absolute Gasteiger partial charge is 0.311 e. The first kappa shape index (κ1) is 13.5. The summed E-state index contributed by atoms with van der Waals surface area (Å²) in [5.74, 6) is -0.0699. The molecule has 1 aliphatic rings. The van der Waals surface area contributed by atoms with Crippen molar-refractivity contribution in [1.29, 1.82) is 0 Å². The molecule has 0 radical (unpaired) electrons. The molecule has 1 aromatic rings. The Morgan fingerprint density at radius 2 is 2.00 bits per heavy atom. The van der Waals surface area contributed by atoms with E-state index >= 15 is 0 Å².